The van der Waals surface area contributed by atoms with Gasteiger partial charge in [0.25, 0.3) is 5.56 Å². The topological polar surface area (TPSA) is 90.0 Å². The Morgan fingerprint density at radius 3 is 2.30 bits per heavy atom. The molecule has 1 N–H and O–H groups in total. The average Bonchev–Trinajstić information content (AvgIpc) is 2.79. The molecule has 8 heteroatoms. The number of benzene rings is 1. The summed E-state index contributed by atoms with van der Waals surface area (Å²) in [4.78, 5) is 24.5. The summed E-state index contributed by atoms with van der Waals surface area (Å²) in [5.41, 5.74) is -0.621. The van der Waals surface area contributed by atoms with Gasteiger partial charge in [0.2, 0.25) is 0 Å². The first-order chi connectivity index (χ1) is 10.8. The lowest BCUT2D eigenvalue weighted by atomic mass is 10.0. The van der Waals surface area contributed by atoms with Crippen molar-refractivity contribution in [2.24, 2.45) is 0 Å². The summed E-state index contributed by atoms with van der Waals surface area (Å²) in [5.74, 6) is -1.23. The number of aryl methyl sites for hydroxylation is 2. The molecule has 0 aliphatic heterocycles. The zero-order valence-electron chi connectivity index (χ0n) is 12.7. The molecule has 23 heavy (non-hydrogen) atoms. The van der Waals surface area contributed by atoms with Crippen LogP contribution >= 0.6 is 0 Å². The summed E-state index contributed by atoms with van der Waals surface area (Å²) in [6.07, 6.45) is 0. The van der Waals surface area contributed by atoms with Gasteiger partial charge < -0.3 is 5.11 Å². The van der Waals surface area contributed by atoms with Gasteiger partial charge in [-0.3, -0.25) is 4.79 Å². The lowest BCUT2D eigenvalue weighted by Gasteiger charge is -2.17. The number of nitrogens with zero attached hydrogens (tertiary/aromatic N) is 4. The molecule has 0 radical (unpaired) electrons. The molecule has 0 amide bonds. The molecule has 0 aliphatic carbocycles. The van der Waals surface area contributed by atoms with Crippen molar-refractivity contribution in [1.82, 2.24) is 19.5 Å². The first-order valence-corrected chi connectivity index (χ1v) is 6.81. The highest BCUT2D eigenvalue weighted by atomic mass is 19.1. The number of pyridine rings is 1. The first-order valence-electron chi connectivity index (χ1n) is 6.81. The summed E-state index contributed by atoms with van der Waals surface area (Å²) >= 11 is 0. The van der Waals surface area contributed by atoms with Crippen LogP contribution in [0.4, 0.5) is 4.39 Å². The first kappa shape index (κ1) is 14.9. The van der Waals surface area contributed by atoms with E-state index >= 15 is 0 Å². The zero-order valence-corrected chi connectivity index (χ0v) is 12.7. The number of aromatic nitrogens is 4. The Balaban J connectivity index is 2.62. The van der Waals surface area contributed by atoms with E-state index in [0.717, 1.165) is 10.7 Å². The van der Waals surface area contributed by atoms with Crippen molar-refractivity contribution in [3.63, 3.8) is 0 Å². The lowest BCUT2D eigenvalue weighted by molar-refractivity contribution is 0.0697. The van der Waals surface area contributed by atoms with Gasteiger partial charge in [0.05, 0.1) is 16.6 Å². The van der Waals surface area contributed by atoms with Crippen LogP contribution in [0.3, 0.4) is 0 Å². The van der Waals surface area contributed by atoms with Crippen LogP contribution in [0, 0.1) is 26.6 Å². The quantitative estimate of drug-likeness (QED) is 0.776. The number of carboxylic acid groups (broad SMARTS) is 1. The fourth-order valence-electron chi connectivity index (χ4n) is 2.77. The smallest absolute Gasteiger partial charge is 0.338 e. The fraction of sp³-hybridized carbons (Fsp3) is 0.200. The van der Waals surface area contributed by atoms with Crippen LogP contribution in [-0.2, 0) is 0 Å². The van der Waals surface area contributed by atoms with Crippen LogP contribution in [0.5, 0.6) is 0 Å². The molecule has 0 saturated carbocycles. The summed E-state index contributed by atoms with van der Waals surface area (Å²) in [5, 5.41) is 17.0. The van der Waals surface area contributed by atoms with Crippen molar-refractivity contribution in [3.8, 4) is 0 Å². The number of rotatable bonds is 2. The van der Waals surface area contributed by atoms with E-state index in [-0.39, 0.29) is 22.0 Å². The van der Waals surface area contributed by atoms with Crippen molar-refractivity contribution in [1.29, 1.82) is 0 Å². The second-order valence-corrected chi connectivity index (χ2v) is 5.15. The van der Waals surface area contributed by atoms with Crippen molar-refractivity contribution in [3.05, 3.63) is 57.3 Å². The number of carboxylic acids is 1. The predicted octanol–water partition coefficient (Wildman–Crippen LogP) is 1.67. The van der Waals surface area contributed by atoms with Crippen LogP contribution in [0.15, 0.2) is 23.0 Å². The van der Waals surface area contributed by atoms with Crippen molar-refractivity contribution in [2.45, 2.75) is 20.8 Å². The minimum atomic E-state index is -1.24. The van der Waals surface area contributed by atoms with E-state index in [2.05, 4.69) is 10.2 Å². The lowest BCUT2D eigenvalue weighted by Crippen LogP contribution is -2.32. The number of halogens is 1. The van der Waals surface area contributed by atoms with Crippen LogP contribution in [-0.4, -0.2) is 30.6 Å². The second-order valence-electron chi connectivity index (χ2n) is 5.15. The highest BCUT2D eigenvalue weighted by molar-refractivity contribution is 6.04. The molecule has 118 valence electrons. The molecular formula is C15H13FN4O3. The minimum Gasteiger partial charge on any atom is -0.478 e. The van der Waals surface area contributed by atoms with Gasteiger partial charge in [-0.2, -0.15) is 0 Å². The number of hydrogen-bond acceptors (Lipinski definition) is 4. The normalized spacial score (nSPS) is 11.1. The molecule has 3 rings (SSSR count). The van der Waals surface area contributed by atoms with Gasteiger partial charge in [0.1, 0.15) is 17.5 Å². The van der Waals surface area contributed by atoms with E-state index in [4.69, 9.17) is 0 Å². The van der Waals surface area contributed by atoms with E-state index in [1.165, 1.54) is 23.7 Å². The SMILES string of the molecule is Cc1nnc(C)n1-n1c(C)c(C(=O)O)c2cccc(F)c2c1=O. The van der Waals surface area contributed by atoms with E-state index < -0.39 is 17.3 Å². The number of aromatic carboxylic acids is 1. The molecule has 2 aromatic heterocycles. The van der Waals surface area contributed by atoms with Crippen LogP contribution in [0.1, 0.15) is 27.7 Å². The zero-order chi connectivity index (χ0) is 16.9. The third-order valence-electron chi connectivity index (χ3n) is 3.74. The number of carbonyl (C=O) groups is 1. The van der Waals surface area contributed by atoms with Crippen LogP contribution in [0.25, 0.3) is 10.8 Å². The van der Waals surface area contributed by atoms with Crippen LogP contribution in [0.2, 0.25) is 0 Å². The number of hydrogen-bond donors (Lipinski definition) is 1. The molecule has 0 fully saturated rings. The Hall–Kier alpha value is -3.03. The van der Waals surface area contributed by atoms with Gasteiger partial charge in [0.15, 0.2) is 0 Å². The van der Waals surface area contributed by atoms with Crippen LogP contribution < -0.4 is 5.56 Å². The highest BCUT2D eigenvalue weighted by Gasteiger charge is 2.23. The summed E-state index contributed by atoms with van der Waals surface area (Å²) in [6.45, 7) is 4.74. The summed E-state index contributed by atoms with van der Waals surface area (Å²) in [7, 11) is 0. The Morgan fingerprint density at radius 2 is 1.74 bits per heavy atom. The maximum absolute atomic E-state index is 14.2. The van der Waals surface area contributed by atoms with E-state index in [9.17, 15) is 19.1 Å². The van der Waals surface area contributed by atoms with Crippen molar-refractivity contribution >= 4 is 16.7 Å². The predicted molar refractivity (Wildman–Crippen MR) is 80.2 cm³/mol. The van der Waals surface area contributed by atoms with Gasteiger partial charge in [-0.15, -0.1) is 10.2 Å². The molecule has 2 heterocycles. The van der Waals surface area contributed by atoms with Gasteiger partial charge in [-0.1, -0.05) is 12.1 Å². The average molecular weight is 316 g/mol. The molecule has 0 atom stereocenters. The Morgan fingerprint density at radius 1 is 1.13 bits per heavy atom. The minimum absolute atomic E-state index is 0.0691. The second kappa shape index (κ2) is 5.01. The van der Waals surface area contributed by atoms with Gasteiger partial charge in [0, 0.05) is 5.39 Å². The Kier molecular flexibility index (Phi) is 3.24. The molecule has 0 unspecified atom stereocenters. The summed E-state index contributed by atoms with van der Waals surface area (Å²) < 4.78 is 16.7. The summed E-state index contributed by atoms with van der Waals surface area (Å²) in [6, 6.07) is 3.93. The number of fused-ring (bicyclic) bond motifs is 1. The monoisotopic (exact) mass is 316 g/mol. The van der Waals surface area contributed by atoms with Gasteiger partial charge in [-0.05, 0) is 26.8 Å². The molecule has 0 aliphatic rings. The fourth-order valence-corrected chi connectivity index (χ4v) is 2.77. The van der Waals surface area contributed by atoms with E-state index in [1.54, 1.807) is 13.8 Å². The maximum Gasteiger partial charge on any atom is 0.338 e. The standard InChI is InChI=1S/C15H13FN4O3/c1-7-12(15(22)23)10-5-4-6-11(16)13(10)14(21)19(7)20-8(2)17-18-9(20)3/h4-6H,1-3H3,(H,22,23). The van der Waals surface area contributed by atoms with Gasteiger partial charge >= 0.3 is 5.97 Å². The van der Waals surface area contributed by atoms with E-state index in [1.807, 2.05) is 0 Å². The van der Waals surface area contributed by atoms with Crippen molar-refractivity contribution in [2.75, 3.05) is 0 Å². The highest BCUT2D eigenvalue weighted by Crippen LogP contribution is 2.22. The molecular weight excluding hydrogens is 303 g/mol. The molecule has 0 spiro atoms. The molecule has 0 bridgehead atoms. The third-order valence-corrected chi connectivity index (χ3v) is 3.74. The Labute approximate surface area is 129 Å². The molecule has 0 saturated heterocycles. The molecule has 3 aromatic rings. The van der Waals surface area contributed by atoms with Gasteiger partial charge in [-0.25, -0.2) is 18.5 Å². The third kappa shape index (κ3) is 2.02. The largest absolute Gasteiger partial charge is 0.478 e. The maximum atomic E-state index is 14.2. The molecule has 1 aromatic carbocycles. The van der Waals surface area contributed by atoms with Crippen molar-refractivity contribution < 1.29 is 14.3 Å². The van der Waals surface area contributed by atoms with E-state index in [0.29, 0.717) is 11.6 Å². The molecule has 7 nitrogen and oxygen atoms in total. The Bertz CT molecular complexity index is 1000.